The molecule has 0 amide bonds. The number of benzene rings is 1. The third-order valence-electron chi connectivity index (χ3n) is 2.32. The number of Topliss-reactive ketones (excluding diaryl/α,β-unsaturated/α-hetero) is 1. The fraction of sp³-hybridized carbons (Fsp3) is 0.0909. The zero-order chi connectivity index (χ0) is 11.0. The number of aromatic nitrogens is 1. The van der Waals surface area contributed by atoms with Crippen molar-refractivity contribution in [2.75, 3.05) is 0 Å². The van der Waals surface area contributed by atoms with Crippen LogP contribution in [0.25, 0.3) is 10.9 Å². The van der Waals surface area contributed by atoms with Crippen LogP contribution in [0.5, 0.6) is 0 Å². The number of carbonyl (C=O) groups is 2. The number of hydrogen-bond acceptors (Lipinski definition) is 2. The molecule has 2 rings (SSSR count). The third-order valence-corrected chi connectivity index (χ3v) is 2.32. The minimum absolute atomic E-state index is 0.144. The van der Waals surface area contributed by atoms with Crippen LogP contribution in [0.15, 0.2) is 24.4 Å². The number of rotatable bonds is 2. The van der Waals surface area contributed by atoms with Crippen LogP contribution in [-0.2, 0) is 0 Å². The molecule has 2 N–H and O–H groups in total. The molecule has 0 spiro atoms. The molecule has 0 aliphatic rings. The Bertz CT molecular complexity index is 554. The molecule has 76 valence electrons. The summed E-state index contributed by atoms with van der Waals surface area (Å²) in [5.41, 5.74) is 1.24. The third kappa shape index (κ3) is 1.40. The predicted octanol–water partition coefficient (Wildman–Crippen LogP) is 2.07. The lowest BCUT2D eigenvalue weighted by Crippen LogP contribution is -1.99. The summed E-state index contributed by atoms with van der Waals surface area (Å²) < 4.78 is 0. The van der Waals surface area contributed by atoms with Crippen molar-refractivity contribution in [1.82, 2.24) is 4.98 Å². The van der Waals surface area contributed by atoms with Crippen LogP contribution in [0, 0.1) is 0 Å². The van der Waals surface area contributed by atoms with Crippen LogP contribution >= 0.6 is 0 Å². The molecule has 0 bridgehead atoms. The van der Waals surface area contributed by atoms with E-state index in [1.54, 1.807) is 18.3 Å². The van der Waals surface area contributed by atoms with Gasteiger partial charge in [-0.3, -0.25) is 4.79 Å². The van der Waals surface area contributed by atoms with Crippen LogP contribution in [0.3, 0.4) is 0 Å². The molecule has 4 nitrogen and oxygen atoms in total. The monoisotopic (exact) mass is 203 g/mol. The van der Waals surface area contributed by atoms with Crippen molar-refractivity contribution >= 4 is 22.7 Å². The number of carboxylic acids is 1. The van der Waals surface area contributed by atoms with Gasteiger partial charge in [0.2, 0.25) is 0 Å². The lowest BCUT2D eigenvalue weighted by molar-refractivity contribution is 0.0699. The molecule has 0 saturated heterocycles. The Hall–Kier alpha value is -2.10. The molecule has 0 fully saturated rings. The predicted molar refractivity (Wildman–Crippen MR) is 55.3 cm³/mol. The number of nitrogens with one attached hydrogen (secondary N) is 1. The molecule has 2 aromatic rings. The van der Waals surface area contributed by atoms with Gasteiger partial charge < -0.3 is 10.1 Å². The first-order valence-corrected chi connectivity index (χ1v) is 4.45. The van der Waals surface area contributed by atoms with E-state index in [-0.39, 0.29) is 11.3 Å². The second kappa shape index (κ2) is 3.24. The first-order valence-electron chi connectivity index (χ1n) is 4.45. The summed E-state index contributed by atoms with van der Waals surface area (Å²) in [6.45, 7) is 1.42. The second-order valence-electron chi connectivity index (χ2n) is 3.29. The van der Waals surface area contributed by atoms with Crippen molar-refractivity contribution in [3.05, 3.63) is 35.5 Å². The summed E-state index contributed by atoms with van der Waals surface area (Å²) in [5.74, 6) is -1.17. The van der Waals surface area contributed by atoms with E-state index in [1.807, 2.05) is 0 Å². The summed E-state index contributed by atoms with van der Waals surface area (Å²) in [6, 6.07) is 4.88. The van der Waals surface area contributed by atoms with Gasteiger partial charge in [0.15, 0.2) is 5.78 Å². The molecule has 1 aromatic carbocycles. The van der Waals surface area contributed by atoms with Gasteiger partial charge in [0.05, 0.1) is 5.56 Å². The first kappa shape index (κ1) is 9.45. The van der Waals surface area contributed by atoms with E-state index in [2.05, 4.69) is 4.98 Å². The number of aromatic amines is 1. The summed E-state index contributed by atoms with van der Waals surface area (Å²) >= 11 is 0. The number of hydrogen-bond donors (Lipinski definition) is 2. The second-order valence-corrected chi connectivity index (χ2v) is 3.29. The van der Waals surface area contributed by atoms with Gasteiger partial charge >= 0.3 is 5.97 Å². The number of carboxylic acid groups (broad SMARTS) is 1. The number of carbonyl (C=O) groups excluding carboxylic acids is 1. The Labute approximate surface area is 85.5 Å². The lowest BCUT2D eigenvalue weighted by Gasteiger charge is -1.98. The Balaban J connectivity index is 2.86. The lowest BCUT2D eigenvalue weighted by atomic mass is 10.0. The largest absolute Gasteiger partial charge is 0.478 e. The quantitative estimate of drug-likeness (QED) is 0.734. The van der Waals surface area contributed by atoms with Gasteiger partial charge in [-0.1, -0.05) is 6.07 Å². The van der Waals surface area contributed by atoms with Crippen molar-refractivity contribution in [2.45, 2.75) is 6.92 Å². The molecule has 15 heavy (non-hydrogen) atoms. The first-order chi connectivity index (χ1) is 7.11. The standard InChI is InChI=1S/C11H9NO3/c1-6(13)8-5-12-9-4-2-3-7(10(8)9)11(14)15/h2-5,12H,1H3,(H,14,15). The molecular weight excluding hydrogens is 194 g/mol. The van der Waals surface area contributed by atoms with E-state index in [9.17, 15) is 9.59 Å². The van der Waals surface area contributed by atoms with Gasteiger partial charge in [-0.2, -0.15) is 0 Å². The zero-order valence-electron chi connectivity index (χ0n) is 8.07. The number of ketones is 1. The van der Waals surface area contributed by atoms with Gasteiger partial charge in [-0.15, -0.1) is 0 Å². The van der Waals surface area contributed by atoms with Gasteiger partial charge in [-0.05, 0) is 19.1 Å². The molecule has 0 saturated carbocycles. The Morgan fingerprint density at radius 1 is 1.27 bits per heavy atom. The molecule has 4 heteroatoms. The van der Waals surface area contributed by atoms with Crippen LogP contribution < -0.4 is 0 Å². The highest BCUT2D eigenvalue weighted by Gasteiger charge is 2.15. The van der Waals surface area contributed by atoms with E-state index in [0.29, 0.717) is 16.5 Å². The van der Waals surface area contributed by atoms with E-state index in [1.165, 1.54) is 13.0 Å². The maximum Gasteiger partial charge on any atom is 0.336 e. The molecule has 0 unspecified atom stereocenters. The van der Waals surface area contributed by atoms with Crippen molar-refractivity contribution in [3.63, 3.8) is 0 Å². The number of H-pyrrole nitrogens is 1. The summed E-state index contributed by atoms with van der Waals surface area (Å²) in [5, 5.41) is 9.47. The minimum Gasteiger partial charge on any atom is -0.478 e. The van der Waals surface area contributed by atoms with Gasteiger partial charge in [-0.25, -0.2) is 4.79 Å². The Morgan fingerprint density at radius 2 is 2.00 bits per heavy atom. The van der Waals surface area contributed by atoms with Crippen molar-refractivity contribution in [3.8, 4) is 0 Å². The average molecular weight is 203 g/mol. The van der Waals surface area contributed by atoms with Crippen molar-refractivity contribution < 1.29 is 14.7 Å². The molecule has 0 radical (unpaired) electrons. The molecule has 1 aromatic heterocycles. The highest BCUT2D eigenvalue weighted by atomic mass is 16.4. The Kier molecular flexibility index (Phi) is 2.04. The van der Waals surface area contributed by atoms with E-state index < -0.39 is 5.97 Å². The van der Waals surface area contributed by atoms with E-state index in [4.69, 9.17) is 5.11 Å². The molecule has 0 atom stereocenters. The van der Waals surface area contributed by atoms with E-state index >= 15 is 0 Å². The maximum absolute atomic E-state index is 11.3. The van der Waals surface area contributed by atoms with E-state index in [0.717, 1.165) is 0 Å². The van der Waals surface area contributed by atoms with Crippen LogP contribution in [0.2, 0.25) is 0 Å². The number of aromatic carboxylic acids is 1. The molecular formula is C11H9NO3. The van der Waals surface area contributed by atoms with Gasteiger partial charge in [0, 0.05) is 22.7 Å². The van der Waals surface area contributed by atoms with Gasteiger partial charge in [0.1, 0.15) is 0 Å². The normalized spacial score (nSPS) is 10.5. The maximum atomic E-state index is 11.3. The Morgan fingerprint density at radius 3 is 2.60 bits per heavy atom. The highest BCUT2D eigenvalue weighted by molar-refractivity contribution is 6.13. The van der Waals surface area contributed by atoms with Crippen molar-refractivity contribution in [2.24, 2.45) is 0 Å². The van der Waals surface area contributed by atoms with Crippen LogP contribution in [0.4, 0.5) is 0 Å². The SMILES string of the molecule is CC(=O)c1c[nH]c2cccc(C(=O)O)c12. The van der Waals surface area contributed by atoms with Gasteiger partial charge in [0.25, 0.3) is 0 Å². The number of fused-ring (bicyclic) bond motifs is 1. The van der Waals surface area contributed by atoms with Crippen LogP contribution in [-0.4, -0.2) is 21.8 Å². The minimum atomic E-state index is -1.03. The van der Waals surface area contributed by atoms with Crippen LogP contribution in [0.1, 0.15) is 27.6 Å². The topological polar surface area (TPSA) is 70.2 Å². The molecule has 0 aliphatic heterocycles. The summed E-state index contributed by atoms with van der Waals surface area (Å²) in [4.78, 5) is 25.1. The summed E-state index contributed by atoms with van der Waals surface area (Å²) in [6.07, 6.45) is 1.54. The highest BCUT2D eigenvalue weighted by Crippen LogP contribution is 2.22. The summed E-state index contributed by atoms with van der Waals surface area (Å²) in [7, 11) is 0. The van der Waals surface area contributed by atoms with Crippen molar-refractivity contribution in [1.29, 1.82) is 0 Å². The molecule has 0 aliphatic carbocycles. The molecule has 1 heterocycles. The fourth-order valence-electron chi connectivity index (χ4n) is 1.64. The zero-order valence-corrected chi connectivity index (χ0v) is 8.07. The smallest absolute Gasteiger partial charge is 0.336 e. The fourth-order valence-corrected chi connectivity index (χ4v) is 1.64. The average Bonchev–Trinajstić information content (AvgIpc) is 2.60.